The van der Waals surface area contributed by atoms with E-state index in [9.17, 15) is 0 Å². The van der Waals surface area contributed by atoms with E-state index in [2.05, 4.69) is 4.98 Å². The number of pyridine rings is 1. The van der Waals surface area contributed by atoms with Crippen molar-refractivity contribution in [1.82, 2.24) is 4.98 Å². The SMILES string of the molecule is N#CCc1ccc(-c2cc(Cl)cc(Cl)c2Cl)c(N)n1. The summed E-state index contributed by atoms with van der Waals surface area (Å²) in [5.41, 5.74) is 7.75. The average molecular weight is 313 g/mol. The summed E-state index contributed by atoms with van der Waals surface area (Å²) in [6, 6.07) is 8.72. The highest BCUT2D eigenvalue weighted by Gasteiger charge is 2.13. The van der Waals surface area contributed by atoms with Crippen molar-refractivity contribution in [3.05, 3.63) is 45.0 Å². The number of nitriles is 1. The zero-order valence-corrected chi connectivity index (χ0v) is 11.9. The molecule has 0 bridgehead atoms. The molecule has 0 spiro atoms. The van der Waals surface area contributed by atoms with E-state index in [4.69, 9.17) is 45.8 Å². The fraction of sp³-hybridized carbons (Fsp3) is 0.0769. The Morgan fingerprint density at radius 3 is 2.53 bits per heavy atom. The van der Waals surface area contributed by atoms with Gasteiger partial charge in [0.25, 0.3) is 0 Å². The van der Waals surface area contributed by atoms with E-state index in [0.717, 1.165) is 0 Å². The second-order valence-corrected chi connectivity index (χ2v) is 5.04. The highest BCUT2D eigenvalue weighted by Crippen LogP contribution is 2.38. The third-order valence-electron chi connectivity index (χ3n) is 2.53. The monoisotopic (exact) mass is 311 g/mol. The molecule has 0 amide bonds. The highest BCUT2D eigenvalue weighted by molar-refractivity contribution is 6.45. The number of aromatic nitrogens is 1. The highest BCUT2D eigenvalue weighted by atomic mass is 35.5. The zero-order valence-electron chi connectivity index (χ0n) is 9.62. The molecule has 19 heavy (non-hydrogen) atoms. The minimum absolute atomic E-state index is 0.203. The van der Waals surface area contributed by atoms with Gasteiger partial charge in [0.05, 0.1) is 28.2 Å². The van der Waals surface area contributed by atoms with Crippen LogP contribution < -0.4 is 5.73 Å². The molecule has 1 aromatic carbocycles. The Morgan fingerprint density at radius 2 is 1.89 bits per heavy atom. The molecule has 0 atom stereocenters. The molecule has 2 N–H and O–H groups in total. The van der Waals surface area contributed by atoms with Gasteiger partial charge < -0.3 is 5.73 Å². The van der Waals surface area contributed by atoms with E-state index in [1.54, 1.807) is 24.3 Å². The first kappa shape index (κ1) is 14.0. The van der Waals surface area contributed by atoms with Crippen LogP contribution in [0, 0.1) is 11.3 Å². The first-order chi connectivity index (χ1) is 9.02. The Bertz CT molecular complexity index is 678. The van der Waals surface area contributed by atoms with Crippen LogP contribution in [0.15, 0.2) is 24.3 Å². The van der Waals surface area contributed by atoms with Crippen LogP contribution in [0.1, 0.15) is 5.69 Å². The van der Waals surface area contributed by atoms with E-state index in [1.165, 1.54) is 0 Å². The maximum absolute atomic E-state index is 8.63. The molecule has 0 radical (unpaired) electrons. The molecule has 2 rings (SSSR count). The van der Waals surface area contributed by atoms with Crippen LogP contribution in [-0.2, 0) is 6.42 Å². The lowest BCUT2D eigenvalue weighted by Gasteiger charge is -2.10. The average Bonchev–Trinajstić information content (AvgIpc) is 2.35. The molecule has 0 aliphatic rings. The van der Waals surface area contributed by atoms with Crippen molar-refractivity contribution >= 4 is 40.6 Å². The lowest BCUT2D eigenvalue weighted by molar-refractivity contribution is 1.12. The summed E-state index contributed by atoms with van der Waals surface area (Å²) in [6.07, 6.45) is 0.203. The largest absolute Gasteiger partial charge is 0.383 e. The first-order valence-corrected chi connectivity index (χ1v) is 6.43. The van der Waals surface area contributed by atoms with Gasteiger partial charge in [-0.15, -0.1) is 0 Å². The summed E-state index contributed by atoms with van der Waals surface area (Å²) < 4.78 is 0. The van der Waals surface area contributed by atoms with Gasteiger partial charge in [-0.25, -0.2) is 4.98 Å². The second kappa shape index (κ2) is 5.66. The van der Waals surface area contributed by atoms with Crippen molar-refractivity contribution in [3.8, 4) is 17.2 Å². The van der Waals surface area contributed by atoms with E-state index < -0.39 is 0 Å². The van der Waals surface area contributed by atoms with Crippen LogP contribution in [0.3, 0.4) is 0 Å². The number of rotatable bonds is 2. The van der Waals surface area contributed by atoms with Crippen LogP contribution >= 0.6 is 34.8 Å². The predicted molar refractivity (Wildman–Crippen MR) is 78.4 cm³/mol. The van der Waals surface area contributed by atoms with Crippen molar-refractivity contribution in [2.24, 2.45) is 0 Å². The minimum atomic E-state index is 0.203. The van der Waals surface area contributed by atoms with Crippen molar-refractivity contribution in [3.63, 3.8) is 0 Å². The van der Waals surface area contributed by atoms with Gasteiger partial charge in [0.1, 0.15) is 5.82 Å². The van der Waals surface area contributed by atoms with Crippen molar-refractivity contribution in [2.45, 2.75) is 6.42 Å². The molecular weight excluding hydrogens is 305 g/mol. The summed E-state index contributed by atoms with van der Waals surface area (Å²) in [5.74, 6) is 0.285. The number of nitrogen functional groups attached to an aromatic ring is 1. The molecule has 0 saturated carbocycles. The van der Waals surface area contributed by atoms with Crippen molar-refractivity contribution in [2.75, 3.05) is 5.73 Å². The Balaban J connectivity index is 2.57. The number of nitrogens with zero attached hydrogens (tertiary/aromatic N) is 2. The van der Waals surface area contributed by atoms with E-state index in [1.807, 2.05) is 6.07 Å². The molecule has 0 fully saturated rings. The fourth-order valence-electron chi connectivity index (χ4n) is 1.68. The molecule has 0 saturated heterocycles. The molecule has 1 aromatic heterocycles. The Kier molecular flexibility index (Phi) is 4.16. The molecule has 0 unspecified atom stereocenters. The number of anilines is 1. The first-order valence-electron chi connectivity index (χ1n) is 5.30. The third kappa shape index (κ3) is 2.93. The van der Waals surface area contributed by atoms with E-state index >= 15 is 0 Å². The molecule has 0 aliphatic heterocycles. The lowest BCUT2D eigenvalue weighted by Crippen LogP contribution is -1.98. The summed E-state index contributed by atoms with van der Waals surface area (Å²) in [4.78, 5) is 4.15. The smallest absolute Gasteiger partial charge is 0.131 e. The zero-order chi connectivity index (χ0) is 14.0. The Labute approximate surface area is 125 Å². The normalized spacial score (nSPS) is 10.2. The van der Waals surface area contributed by atoms with Crippen LogP contribution in [0.4, 0.5) is 5.82 Å². The Morgan fingerprint density at radius 1 is 1.16 bits per heavy atom. The summed E-state index contributed by atoms with van der Waals surface area (Å²) in [6.45, 7) is 0. The van der Waals surface area contributed by atoms with Crippen molar-refractivity contribution in [1.29, 1.82) is 5.26 Å². The van der Waals surface area contributed by atoms with Crippen LogP contribution in [0.5, 0.6) is 0 Å². The number of nitrogens with two attached hydrogens (primary N) is 1. The number of hydrogen-bond acceptors (Lipinski definition) is 3. The Hall–Kier alpha value is -1.47. The summed E-state index contributed by atoms with van der Waals surface area (Å²) in [7, 11) is 0. The second-order valence-electron chi connectivity index (χ2n) is 3.82. The standard InChI is InChI=1S/C13H8Cl3N3/c14-7-5-10(12(16)11(15)6-7)9-2-1-8(3-4-17)19-13(9)18/h1-2,5-6H,3H2,(H2,18,19). The van der Waals surface area contributed by atoms with Crippen LogP contribution in [0.2, 0.25) is 15.1 Å². The number of benzene rings is 1. The quantitative estimate of drug-likeness (QED) is 0.838. The molecular formula is C13H8Cl3N3. The molecule has 0 aliphatic carbocycles. The van der Waals surface area contributed by atoms with Gasteiger partial charge in [0.2, 0.25) is 0 Å². The number of halogens is 3. The molecule has 2 aromatic rings. The van der Waals surface area contributed by atoms with Gasteiger partial charge in [-0.05, 0) is 24.3 Å². The third-order valence-corrected chi connectivity index (χ3v) is 3.55. The number of hydrogen-bond donors (Lipinski definition) is 1. The topological polar surface area (TPSA) is 62.7 Å². The molecule has 6 heteroatoms. The molecule has 1 heterocycles. The van der Waals surface area contributed by atoms with Gasteiger partial charge in [-0.2, -0.15) is 5.26 Å². The maximum Gasteiger partial charge on any atom is 0.131 e. The van der Waals surface area contributed by atoms with Gasteiger partial charge >= 0.3 is 0 Å². The van der Waals surface area contributed by atoms with Crippen molar-refractivity contribution < 1.29 is 0 Å². The van der Waals surface area contributed by atoms with Gasteiger partial charge in [-0.3, -0.25) is 0 Å². The molecule has 3 nitrogen and oxygen atoms in total. The van der Waals surface area contributed by atoms with Crippen LogP contribution in [0.25, 0.3) is 11.1 Å². The summed E-state index contributed by atoms with van der Waals surface area (Å²) in [5, 5.41) is 9.81. The fourth-order valence-corrected chi connectivity index (χ4v) is 2.38. The molecule has 96 valence electrons. The maximum atomic E-state index is 8.63. The lowest BCUT2D eigenvalue weighted by atomic mass is 10.1. The predicted octanol–water partition coefficient (Wildman–Crippen LogP) is 4.36. The van der Waals surface area contributed by atoms with Gasteiger partial charge in [0.15, 0.2) is 0 Å². The van der Waals surface area contributed by atoms with Gasteiger partial charge in [0, 0.05) is 16.1 Å². The summed E-state index contributed by atoms with van der Waals surface area (Å²) >= 11 is 18.1. The van der Waals surface area contributed by atoms with Crippen LogP contribution in [-0.4, -0.2) is 4.98 Å². The van der Waals surface area contributed by atoms with E-state index in [0.29, 0.717) is 31.9 Å². The minimum Gasteiger partial charge on any atom is -0.383 e. The van der Waals surface area contributed by atoms with E-state index in [-0.39, 0.29) is 12.2 Å². The van der Waals surface area contributed by atoms with Gasteiger partial charge in [-0.1, -0.05) is 34.8 Å².